The Kier molecular flexibility index (Phi) is 5.65. The number of anilines is 1. The van der Waals surface area contributed by atoms with Crippen molar-refractivity contribution in [2.45, 2.75) is 32.4 Å². The molecule has 0 aliphatic carbocycles. The monoisotopic (exact) mass is 352 g/mol. The molecular weight excluding hydrogens is 328 g/mol. The molecule has 1 aliphatic rings. The molecule has 0 bridgehead atoms. The Morgan fingerprint density at radius 1 is 1.04 bits per heavy atom. The zero-order valence-electron chi connectivity index (χ0n) is 15.0. The molecule has 2 unspecified atom stereocenters. The van der Waals surface area contributed by atoms with E-state index in [1.54, 1.807) is 0 Å². The van der Waals surface area contributed by atoms with Crippen LogP contribution in [-0.2, 0) is 9.59 Å². The van der Waals surface area contributed by atoms with Crippen molar-refractivity contribution in [2.75, 3.05) is 11.9 Å². The van der Waals surface area contributed by atoms with Crippen molar-refractivity contribution in [1.29, 1.82) is 0 Å². The quantitative estimate of drug-likeness (QED) is 0.663. The summed E-state index contributed by atoms with van der Waals surface area (Å²) in [7, 11) is 0. The van der Waals surface area contributed by atoms with Gasteiger partial charge in [-0.3, -0.25) is 15.0 Å². The van der Waals surface area contributed by atoms with E-state index < -0.39 is 6.04 Å². The summed E-state index contributed by atoms with van der Waals surface area (Å²) < 4.78 is 0. The summed E-state index contributed by atoms with van der Waals surface area (Å²) in [6, 6.07) is 14.0. The number of hydrazine groups is 1. The van der Waals surface area contributed by atoms with Crippen LogP contribution < -0.4 is 21.5 Å². The SMILES string of the molecule is Cc1cccc(C)c1NC(=O)C(NC(=O)C1CCNN1)c1ccccc1. The van der Waals surface area contributed by atoms with Gasteiger partial charge in [0, 0.05) is 12.2 Å². The van der Waals surface area contributed by atoms with Gasteiger partial charge < -0.3 is 10.6 Å². The van der Waals surface area contributed by atoms with Gasteiger partial charge in [0.15, 0.2) is 0 Å². The van der Waals surface area contributed by atoms with Crippen LogP contribution in [0.3, 0.4) is 0 Å². The van der Waals surface area contributed by atoms with E-state index in [1.165, 1.54) is 0 Å². The molecular formula is C20H24N4O2. The highest BCUT2D eigenvalue weighted by molar-refractivity contribution is 5.99. The van der Waals surface area contributed by atoms with Crippen LogP contribution in [-0.4, -0.2) is 24.4 Å². The Morgan fingerprint density at radius 3 is 2.35 bits per heavy atom. The second kappa shape index (κ2) is 8.12. The lowest BCUT2D eigenvalue weighted by molar-refractivity contribution is -0.127. The van der Waals surface area contributed by atoms with Crippen LogP contribution in [0.1, 0.15) is 29.2 Å². The Balaban J connectivity index is 1.82. The number of carbonyl (C=O) groups excluding carboxylic acids is 2. The van der Waals surface area contributed by atoms with E-state index in [0.717, 1.165) is 28.9 Å². The first-order valence-corrected chi connectivity index (χ1v) is 8.77. The van der Waals surface area contributed by atoms with Crippen molar-refractivity contribution in [2.24, 2.45) is 0 Å². The smallest absolute Gasteiger partial charge is 0.251 e. The molecule has 2 atom stereocenters. The molecule has 26 heavy (non-hydrogen) atoms. The van der Waals surface area contributed by atoms with Gasteiger partial charge >= 0.3 is 0 Å². The fourth-order valence-corrected chi connectivity index (χ4v) is 3.08. The van der Waals surface area contributed by atoms with Crippen LogP contribution in [0.15, 0.2) is 48.5 Å². The van der Waals surface area contributed by atoms with Crippen LogP contribution >= 0.6 is 0 Å². The van der Waals surface area contributed by atoms with Gasteiger partial charge in [0.1, 0.15) is 12.1 Å². The van der Waals surface area contributed by atoms with E-state index in [2.05, 4.69) is 21.5 Å². The number of hydrogen-bond acceptors (Lipinski definition) is 4. The second-order valence-corrected chi connectivity index (χ2v) is 6.52. The topological polar surface area (TPSA) is 82.3 Å². The summed E-state index contributed by atoms with van der Waals surface area (Å²) in [5.41, 5.74) is 9.37. The molecule has 1 heterocycles. The molecule has 0 aromatic heterocycles. The van der Waals surface area contributed by atoms with E-state index in [-0.39, 0.29) is 17.9 Å². The van der Waals surface area contributed by atoms with E-state index in [0.29, 0.717) is 6.42 Å². The third-order valence-corrected chi connectivity index (χ3v) is 4.56. The lowest BCUT2D eigenvalue weighted by Gasteiger charge is -2.22. The second-order valence-electron chi connectivity index (χ2n) is 6.52. The molecule has 0 radical (unpaired) electrons. The number of benzene rings is 2. The van der Waals surface area contributed by atoms with Gasteiger partial charge in [0.25, 0.3) is 5.91 Å². The molecule has 2 aromatic rings. The molecule has 1 saturated heterocycles. The number of rotatable bonds is 5. The maximum atomic E-state index is 13.0. The number of nitrogens with one attached hydrogen (secondary N) is 4. The highest BCUT2D eigenvalue weighted by Gasteiger charge is 2.28. The van der Waals surface area contributed by atoms with Crippen LogP contribution in [0.2, 0.25) is 0 Å². The maximum Gasteiger partial charge on any atom is 0.251 e. The third kappa shape index (κ3) is 4.09. The predicted octanol–water partition coefficient (Wildman–Crippen LogP) is 1.97. The molecule has 0 spiro atoms. The average Bonchev–Trinajstić information content (AvgIpc) is 3.18. The molecule has 136 valence electrons. The Labute approximate surface area is 153 Å². The number of amides is 2. The van der Waals surface area contributed by atoms with Gasteiger partial charge in [-0.05, 0) is 37.0 Å². The first kappa shape index (κ1) is 18.1. The fourth-order valence-electron chi connectivity index (χ4n) is 3.08. The molecule has 1 fully saturated rings. The Morgan fingerprint density at radius 2 is 1.73 bits per heavy atom. The Bertz CT molecular complexity index is 765. The minimum absolute atomic E-state index is 0.194. The van der Waals surface area contributed by atoms with Crippen molar-refractivity contribution in [1.82, 2.24) is 16.2 Å². The molecule has 0 saturated carbocycles. The average molecular weight is 352 g/mol. The molecule has 3 rings (SSSR count). The van der Waals surface area contributed by atoms with E-state index in [9.17, 15) is 9.59 Å². The number of carbonyl (C=O) groups is 2. The number of para-hydroxylation sites is 1. The Hall–Kier alpha value is -2.70. The van der Waals surface area contributed by atoms with Crippen molar-refractivity contribution in [3.05, 3.63) is 65.2 Å². The fraction of sp³-hybridized carbons (Fsp3) is 0.300. The van der Waals surface area contributed by atoms with Gasteiger partial charge in [0.05, 0.1) is 0 Å². The summed E-state index contributed by atoms with van der Waals surface area (Å²) in [6.45, 7) is 4.63. The minimum atomic E-state index is -0.759. The molecule has 4 N–H and O–H groups in total. The predicted molar refractivity (Wildman–Crippen MR) is 101 cm³/mol. The zero-order chi connectivity index (χ0) is 18.5. The summed E-state index contributed by atoms with van der Waals surface area (Å²) in [4.78, 5) is 25.5. The normalized spacial score (nSPS) is 17.5. The van der Waals surface area contributed by atoms with E-state index in [1.807, 2.05) is 62.4 Å². The van der Waals surface area contributed by atoms with Crippen LogP contribution in [0.4, 0.5) is 5.69 Å². The van der Waals surface area contributed by atoms with Crippen molar-refractivity contribution in [3.8, 4) is 0 Å². The first-order chi connectivity index (χ1) is 12.6. The minimum Gasteiger partial charge on any atom is -0.339 e. The highest BCUT2D eigenvalue weighted by Crippen LogP contribution is 2.22. The molecule has 6 heteroatoms. The lowest BCUT2D eigenvalue weighted by Crippen LogP contribution is -2.47. The number of hydrogen-bond donors (Lipinski definition) is 4. The summed E-state index contributed by atoms with van der Waals surface area (Å²) in [5, 5.41) is 5.86. The molecule has 1 aliphatic heterocycles. The summed E-state index contributed by atoms with van der Waals surface area (Å²) in [5.74, 6) is -0.451. The van der Waals surface area contributed by atoms with Crippen LogP contribution in [0.25, 0.3) is 0 Å². The van der Waals surface area contributed by atoms with Crippen molar-refractivity contribution >= 4 is 17.5 Å². The molecule has 2 aromatic carbocycles. The van der Waals surface area contributed by atoms with Crippen molar-refractivity contribution < 1.29 is 9.59 Å². The number of aryl methyl sites for hydroxylation is 2. The first-order valence-electron chi connectivity index (χ1n) is 8.77. The maximum absolute atomic E-state index is 13.0. The zero-order valence-corrected chi connectivity index (χ0v) is 15.0. The van der Waals surface area contributed by atoms with Crippen LogP contribution in [0, 0.1) is 13.8 Å². The van der Waals surface area contributed by atoms with Gasteiger partial charge in [-0.2, -0.15) is 0 Å². The van der Waals surface area contributed by atoms with Crippen LogP contribution in [0.5, 0.6) is 0 Å². The third-order valence-electron chi connectivity index (χ3n) is 4.56. The van der Waals surface area contributed by atoms with E-state index in [4.69, 9.17) is 0 Å². The summed E-state index contributed by atoms with van der Waals surface area (Å²) >= 11 is 0. The molecule has 6 nitrogen and oxygen atoms in total. The largest absolute Gasteiger partial charge is 0.339 e. The van der Waals surface area contributed by atoms with Gasteiger partial charge in [-0.25, -0.2) is 5.43 Å². The van der Waals surface area contributed by atoms with Gasteiger partial charge in [-0.15, -0.1) is 0 Å². The standard InChI is InChI=1S/C20H24N4O2/c1-13-7-6-8-14(2)17(13)22-20(26)18(15-9-4-3-5-10-15)23-19(25)16-11-12-21-24-16/h3-10,16,18,21,24H,11-12H2,1-2H3,(H,22,26)(H,23,25). The lowest BCUT2D eigenvalue weighted by atomic mass is 10.0. The van der Waals surface area contributed by atoms with Gasteiger partial charge in [0.2, 0.25) is 5.91 Å². The highest BCUT2D eigenvalue weighted by atomic mass is 16.2. The van der Waals surface area contributed by atoms with Gasteiger partial charge in [-0.1, -0.05) is 48.5 Å². The summed E-state index contributed by atoms with van der Waals surface area (Å²) in [6.07, 6.45) is 0.686. The molecule has 2 amide bonds. The van der Waals surface area contributed by atoms with Crippen molar-refractivity contribution in [3.63, 3.8) is 0 Å². The van der Waals surface area contributed by atoms with E-state index >= 15 is 0 Å².